The molecule has 0 radical (unpaired) electrons. The van der Waals surface area contributed by atoms with Gasteiger partial charge in [0.1, 0.15) is 11.4 Å². The summed E-state index contributed by atoms with van der Waals surface area (Å²) in [7, 11) is 1.69. The molecule has 0 amide bonds. The highest BCUT2D eigenvalue weighted by Crippen LogP contribution is 2.34. The first kappa shape index (κ1) is 19.4. The number of nitrogens with one attached hydrogen (secondary N) is 1. The van der Waals surface area contributed by atoms with Gasteiger partial charge in [-0.05, 0) is 24.3 Å². The summed E-state index contributed by atoms with van der Waals surface area (Å²) in [6.07, 6.45) is 5.08. The predicted molar refractivity (Wildman–Crippen MR) is 123 cm³/mol. The van der Waals surface area contributed by atoms with E-state index < -0.39 is 0 Å². The summed E-state index contributed by atoms with van der Waals surface area (Å²) in [5.41, 5.74) is 3.25. The van der Waals surface area contributed by atoms with E-state index in [1.54, 1.807) is 19.5 Å². The Kier molecular flexibility index (Phi) is 4.99. The van der Waals surface area contributed by atoms with Crippen LogP contribution >= 0.6 is 11.6 Å². The van der Waals surface area contributed by atoms with Crippen molar-refractivity contribution in [1.29, 1.82) is 0 Å². The van der Waals surface area contributed by atoms with Crippen molar-refractivity contribution < 1.29 is 9.84 Å². The lowest BCUT2D eigenvalue weighted by Gasteiger charge is -2.36. The summed E-state index contributed by atoms with van der Waals surface area (Å²) in [6, 6.07) is 9.84. The molecule has 1 fully saturated rings. The molecule has 0 atom stereocenters. The van der Waals surface area contributed by atoms with E-state index in [0.717, 1.165) is 48.8 Å². The van der Waals surface area contributed by atoms with Gasteiger partial charge >= 0.3 is 0 Å². The van der Waals surface area contributed by atoms with Crippen LogP contribution in [0.5, 0.6) is 11.6 Å². The van der Waals surface area contributed by atoms with Crippen LogP contribution in [-0.2, 0) is 0 Å². The van der Waals surface area contributed by atoms with Crippen LogP contribution in [0.2, 0.25) is 5.02 Å². The fourth-order valence-corrected chi connectivity index (χ4v) is 4.04. The monoisotopic (exact) mass is 436 g/mol. The molecule has 5 rings (SSSR count). The maximum absolute atomic E-state index is 10.4. The number of rotatable bonds is 4. The Balaban J connectivity index is 1.33. The SMILES string of the molecule is COc1ccccc1N1CCN(c2nc(O)c(/C=C3/C=Nc4ncc(Cl)cc43)[nH]2)CC1. The van der Waals surface area contributed by atoms with Gasteiger partial charge in [0, 0.05) is 49.7 Å². The van der Waals surface area contributed by atoms with Gasteiger partial charge in [-0.2, -0.15) is 4.98 Å². The highest BCUT2D eigenvalue weighted by Gasteiger charge is 2.23. The number of aliphatic imine (C=N–C) groups is 1. The van der Waals surface area contributed by atoms with Gasteiger partial charge in [0.2, 0.25) is 11.8 Å². The second kappa shape index (κ2) is 7.96. The second-order valence-electron chi connectivity index (χ2n) is 7.33. The summed E-state index contributed by atoms with van der Waals surface area (Å²) in [5.74, 6) is 2.07. The first-order valence-corrected chi connectivity index (χ1v) is 10.3. The smallest absolute Gasteiger partial charge is 0.238 e. The molecule has 4 heterocycles. The molecule has 31 heavy (non-hydrogen) atoms. The number of ether oxygens (including phenoxy) is 1. The third-order valence-electron chi connectivity index (χ3n) is 5.47. The summed E-state index contributed by atoms with van der Waals surface area (Å²) in [6.45, 7) is 3.18. The maximum atomic E-state index is 10.4. The highest BCUT2D eigenvalue weighted by molar-refractivity contribution is 6.31. The number of halogens is 1. The standard InChI is InChI=1S/C22H21ClN6O2/c1-31-19-5-3-2-4-18(19)28-6-8-29(9-7-28)22-26-17(21(30)27-22)10-14-12-24-20-16(14)11-15(23)13-25-20/h2-5,10-13,30H,6-9H2,1H3,(H,26,27)/b14-10-. The molecule has 8 nitrogen and oxygen atoms in total. The van der Waals surface area contributed by atoms with Crippen molar-refractivity contribution >= 4 is 46.9 Å². The zero-order valence-electron chi connectivity index (χ0n) is 16.9. The van der Waals surface area contributed by atoms with E-state index >= 15 is 0 Å². The minimum Gasteiger partial charge on any atom is -0.495 e. The Bertz CT molecular complexity index is 1180. The van der Waals surface area contributed by atoms with E-state index in [1.807, 2.05) is 30.3 Å². The molecule has 2 aliphatic heterocycles. The molecule has 0 spiro atoms. The van der Waals surface area contributed by atoms with E-state index in [4.69, 9.17) is 16.3 Å². The lowest BCUT2D eigenvalue weighted by atomic mass is 10.1. The number of aromatic hydroxyl groups is 1. The van der Waals surface area contributed by atoms with Crippen molar-refractivity contribution in [2.75, 3.05) is 43.1 Å². The van der Waals surface area contributed by atoms with E-state index in [-0.39, 0.29) is 5.88 Å². The zero-order chi connectivity index (χ0) is 21.4. The Morgan fingerprint density at radius 2 is 1.94 bits per heavy atom. The molecule has 2 aromatic heterocycles. The minimum atomic E-state index is -0.0495. The van der Waals surface area contributed by atoms with Crippen LogP contribution in [-0.4, -0.2) is 59.6 Å². The normalized spacial score (nSPS) is 16.8. The number of pyridine rings is 1. The number of nitrogens with zero attached hydrogens (tertiary/aromatic N) is 5. The van der Waals surface area contributed by atoms with Crippen LogP contribution in [0.15, 0.2) is 41.5 Å². The van der Waals surface area contributed by atoms with Crippen LogP contribution in [0.3, 0.4) is 0 Å². The quantitative estimate of drug-likeness (QED) is 0.647. The molecule has 1 aromatic carbocycles. The average Bonchev–Trinajstić information content (AvgIpc) is 3.37. The van der Waals surface area contributed by atoms with E-state index in [2.05, 4.69) is 35.8 Å². The predicted octanol–water partition coefficient (Wildman–Crippen LogP) is 3.76. The van der Waals surface area contributed by atoms with Crippen LogP contribution in [0.1, 0.15) is 11.3 Å². The first-order valence-electron chi connectivity index (χ1n) is 9.96. The third-order valence-corrected chi connectivity index (χ3v) is 5.68. The molecule has 0 saturated carbocycles. The Morgan fingerprint density at radius 1 is 1.16 bits per heavy atom. The van der Waals surface area contributed by atoms with Crippen LogP contribution in [0.25, 0.3) is 11.6 Å². The number of para-hydroxylation sites is 2. The Morgan fingerprint density at radius 3 is 2.74 bits per heavy atom. The summed E-state index contributed by atoms with van der Waals surface area (Å²) in [5, 5.41) is 10.9. The van der Waals surface area contributed by atoms with Crippen LogP contribution in [0, 0.1) is 0 Å². The summed E-state index contributed by atoms with van der Waals surface area (Å²) >= 11 is 6.07. The van der Waals surface area contributed by atoms with Gasteiger partial charge in [-0.3, -0.25) is 0 Å². The molecule has 2 aliphatic rings. The van der Waals surface area contributed by atoms with Crippen molar-refractivity contribution in [3.8, 4) is 11.6 Å². The number of aromatic nitrogens is 3. The van der Waals surface area contributed by atoms with Crippen LogP contribution in [0.4, 0.5) is 17.5 Å². The molecule has 3 aromatic rings. The van der Waals surface area contributed by atoms with Crippen molar-refractivity contribution in [3.63, 3.8) is 0 Å². The molecule has 9 heteroatoms. The molecular weight excluding hydrogens is 416 g/mol. The van der Waals surface area contributed by atoms with E-state index in [1.165, 1.54) is 0 Å². The van der Waals surface area contributed by atoms with Crippen molar-refractivity contribution in [2.24, 2.45) is 4.99 Å². The molecular formula is C22H21ClN6O2. The second-order valence-corrected chi connectivity index (χ2v) is 7.76. The average molecular weight is 437 g/mol. The van der Waals surface area contributed by atoms with Gasteiger partial charge < -0.3 is 24.6 Å². The van der Waals surface area contributed by atoms with E-state index in [9.17, 15) is 5.11 Å². The number of piperazine rings is 1. The number of aromatic amines is 1. The topological polar surface area (TPSA) is 89.9 Å². The van der Waals surface area contributed by atoms with Crippen molar-refractivity contribution in [2.45, 2.75) is 0 Å². The number of allylic oxidation sites excluding steroid dienone is 1. The molecule has 2 N–H and O–H groups in total. The van der Waals surface area contributed by atoms with Gasteiger partial charge in [0.05, 0.1) is 17.8 Å². The van der Waals surface area contributed by atoms with Crippen LogP contribution < -0.4 is 14.5 Å². The number of anilines is 2. The molecule has 158 valence electrons. The maximum Gasteiger partial charge on any atom is 0.238 e. The zero-order valence-corrected chi connectivity index (χ0v) is 17.7. The number of hydrogen-bond donors (Lipinski definition) is 2. The molecule has 0 bridgehead atoms. The van der Waals surface area contributed by atoms with E-state index in [0.29, 0.717) is 22.5 Å². The number of hydrogen-bond acceptors (Lipinski definition) is 7. The van der Waals surface area contributed by atoms with Gasteiger partial charge in [-0.1, -0.05) is 23.7 Å². The molecule has 1 saturated heterocycles. The number of imidazole rings is 1. The lowest BCUT2D eigenvalue weighted by Crippen LogP contribution is -2.47. The number of benzene rings is 1. The third kappa shape index (κ3) is 3.70. The lowest BCUT2D eigenvalue weighted by molar-refractivity contribution is 0.413. The number of methoxy groups -OCH3 is 1. The van der Waals surface area contributed by atoms with Gasteiger partial charge in [0.25, 0.3) is 0 Å². The number of fused-ring (bicyclic) bond motifs is 1. The Hall–Kier alpha value is -3.52. The largest absolute Gasteiger partial charge is 0.495 e. The highest BCUT2D eigenvalue weighted by atomic mass is 35.5. The van der Waals surface area contributed by atoms with Gasteiger partial charge in [0.15, 0.2) is 5.82 Å². The number of H-pyrrole nitrogens is 1. The van der Waals surface area contributed by atoms with Gasteiger partial charge in [-0.15, -0.1) is 0 Å². The summed E-state index contributed by atoms with van der Waals surface area (Å²) < 4.78 is 5.49. The molecule has 0 unspecified atom stereocenters. The minimum absolute atomic E-state index is 0.0495. The fraction of sp³-hybridized carbons (Fsp3) is 0.227. The fourth-order valence-electron chi connectivity index (χ4n) is 3.88. The Labute approximate surface area is 184 Å². The first-order chi connectivity index (χ1) is 15.1. The molecule has 0 aliphatic carbocycles. The summed E-state index contributed by atoms with van der Waals surface area (Å²) in [4.78, 5) is 20.5. The van der Waals surface area contributed by atoms with Gasteiger partial charge in [-0.25, -0.2) is 9.98 Å². The van der Waals surface area contributed by atoms with Crippen molar-refractivity contribution in [1.82, 2.24) is 15.0 Å². The van der Waals surface area contributed by atoms with Crippen molar-refractivity contribution in [3.05, 3.63) is 52.8 Å².